The lowest BCUT2D eigenvalue weighted by Crippen LogP contribution is -2.16. The highest BCUT2D eigenvalue weighted by molar-refractivity contribution is 5.15. The molecule has 1 aromatic heterocycles. The Morgan fingerprint density at radius 2 is 1.94 bits per heavy atom. The second-order valence-corrected chi connectivity index (χ2v) is 4.28. The van der Waals surface area contributed by atoms with Crippen molar-refractivity contribution < 1.29 is 0 Å². The average molecular weight is 216 g/mol. The summed E-state index contributed by atoms with van der Waals surface area (Å²) < 4.78 is 1.64. The summed E-state index contributed by atoms with van der Waals surface area (Å²) in [6.07, 6.45) is 0. The highest BCUT2D eigenvalue weighted by Crippen LogP contribution is 2.08. The predicted molar refractivity (Wildman–Crippen MR) is 64.7 cm³/mol. The number of hydrogen-bond donors (Lipinski definition) is 1. The number of aromatic amines is 1. The fourth-order valence-electron chi connectivity index (χ4n) is 1.63. The molecule has 3 nitrogen and oxygen atoms in total. The van der Waals surface area contributed by atoms with Gasteiger partial charge in [0.2, 0.25) is 0 Å². The smallest absolute Gasteiger partial charge is 0.267 e. The first-order valence-electron chi connectivity index (χ1n) is 5.50. The van der Waals surface area contributed by atoms with Crippen LogP contribution >= 0.6 is 0 Å². The van der Waals surface area contributed by atoms with E-state index in [9.17, 15) is 4.79 Å². The van der Waals surface area contributed by atoms with Crippen LogP contribution in [0.25, 0.3) is 0 Å². The van der Waals surface area contributed by atoms with Gasteiger partial charge in [0.15, 0.2) is 0 Å². The number of benzene rings is 1. The van der Waals surface area contributed by atoms with Crippen LogP contribution < -0.4 is 5.56 Å². The maximum absolute atomic E-state index is 11.7. The summed E-state index contributed by atoms with van der Waals surface area (Å²) in [6, 6.07) is 11.6. The minimum absolute atomic E-state index is 0.0348. The van der Waals surface area contributed by atoms with Crippen molar-refractivity contribution >= 4 is 0 Å². The van der Waals surface area contributed by atoms with Crippen molar-refractivity contribution in [1.29, 1.82) is 0 Å². The Labute approximate surface area is 94.7 Å². The molecule has 1 heterocycles. The van der Waals surface area contributed by atoms with Gasteiger partial charge in [-0.3, -0.25) is 9.89 Å². The number of hydrogen-bond acceptors (Lipinski definition) is 1. The fraction of sp³-hybridized carbons (Fsp3) is 0.308. The lowest BCUT2D eigenvalue weighted by molar-refractivity contribution is 0.640. The quantitative estimate of drug-likeness (QED) is 0.840. The molecule has 0 amide bonds. The van der Waals surface area contributed by atoms with E-state index < -0.39 is 0 Å². The fourth-order valence-corrected chi connectivity index (χ4v) is 1.63. The first kappa shape index (κ1) is 10.7. The van der Waals surface area contributed by atoms with Crippen LogP contribution in [0.1, 0.15) is 31.0 Å². The molecule has 84 valence electrons. The van der Waals surface area contributed by atoms with Crippen LogP contribution in [0.4, 0.5) is 0 Å². The summed E-state index contributed by atoms with van der Waals surface area (Å²) in [6.45, 7) is 4.74. The van der Waals surface area contributed by atoms with Gasteiger partial charge in [-0.05, 0) is 11.5 Å². The SMILES string of the molecule is CC(C)c1cc(=O)n(Cc2ccccc2)[nH]1. The van der Waals surface area contributed by atoms with E-state index in [4.69, 9.17) is 0 Å². The van der Waals surface area contributed by atoms with Gasteiger partial charge in [0.25, 0.3) is 5.56 Å². The molecule has 0 radical (unpaired) electrons. The van der Waals surface area contributed by atoms with E-state index in [1.54, 1.807) is 10.7 Å². The van der Waals surface area contributed by atoms with E-state index in [-0.39, 0.29) is 5.56 Å². The van der Waals surface area contributed by atoms with Crippen molar-refractivity contribution in [2.45, 2.75) is 26.3 Å². The molecule has 0 saturated carbocycles. The molecule has 0 aliphatic carbocycles. The van der Waals surface area contributed by atoms with Gasteiger partial charge in [-0.25, -0.2) is 4.68 Å². The molecule has 1 N–H and O–H groups in total. The highest BCUT2D eigenvalue weighted by atomic mass is 16.1. The molecular weight excluding hydrogens is 200 g/mol. The number of nitrogens with one attached hydrogen (secondary N) is 1. The van der Waals surface area contributed by atoms with Gasteiger partial charge in [-0.1, -0.05) is 44.2 Å². The molecule has 0 spiro atoms. The van der Waals surface area contributed by atoms with Crippen LogP contribution in [0, 0.1) is 0 Å². The standard InChI is InChI=1S/C13H16N2O/c1-10(2)12-8-13(16)15(14-12)9-11-6-4-3-5-7-11/h3-8,10,14H,9H2,1-2H3. The summed E-state index contributed by atoms with van der Waals surface area (Å²) >= 11 is 0. The van der Waals surface area contributed by atoms with Crippen LogP contribution in [-0.2, 0) is 6.54 Å². The second kappa shape index (κ2) is 4.39. The van der Waals surface area contributed by atoms with E-state index in [1.165, 1.54) is 0 Å². The molecule has 0 atom stereocenters. The third-order valence-electron chi connectivity index (χ3n) is 2.61. The Balaban J connectivity index is 2.26. The number of rotatable bonds is 3. The molecule has 0 aliphatic heterocycles. The Bertz CT molecular complexity index is 508. The molecule has 0 aliphatic rings. The Kier molecular flexibility index (Phi) is 2.95. The van der Waals surface area contributed by atoms with E-state index in [0.717, 1.165) is 11.3 Å². The average Bonchev–Trinajstić information content (AvgIpc) is 2.62. The monoisotopic (exact) mass is 216 g/mol. The third-order valence-corrected chi connectivity index (χ3v) is 2.61. The summed E-state index contributed by atoms with van der Waals surface area (Å²) in [4.78, 5) is 11.7. The van der Waals surface area contributed by atoms with Crippen molar-refractivity contribution in [3.8, 4) is 0 Å². The van der Waals surface area contributed by atoms with Crippen LogP contribution in [0.3, 0.4) is 0 Å². The van der Waals surface area contributed by atoms with Crippen molar-refractivity contribution in [2.24, 2.45) is 0 Å². The topological polar surface area (TPSA) is 37.8 Å². The normalized spacial score (nSPS) is 10.9. The first-order valence-corrected chi connectivity index (χ1v) is 5.50. The Morgan fingerprint density at radius 3 is 2.50 bits per heavy atom. The van der Waals surface area contributed by atoms with Crippen molar-refractivity contribution in [1.82, 2.24) is 9.78 Å². The lowest BCUT2D eigenvalue weighted by Gasteiger charge is -2.03. The molecule has 0 saturated heterocycles. The van der Waals surface area contributed by atoms with Gasteiger partial charge in [0.1, 0.15) is 0 Å². The Morgan fingerprint density at radius 1 is 1.25 bits per heavy atom. The molecular formula is C13H16N2O. The second-order valence-electron chi connectivity index (χ2n) is 4.28. The van der Waals surface area contributed by atoms with Crippen molar-refractivity contribution in [2.75, 3.05) is 0 Å². The van der Waals surface area contributed by atoms with Gasteiger partial charge < -0.3 is 0 Å². The predicted octanol–water partition coefficient (Wildman–Crippen LogP) is 2.35. The lowest BCUT2D eigenvalue weighted by atomic mass is 10.1. The van der Waals surface area contributed by atoms with Crippen molar-refractivity contribution in [3.05, 3.63) is 58.0 Å². The van der Waals surface area contributed by atoms with Gasteiger partial charge in [0.05, 0.1) is 6.54 Å². The number of aromatic nitrogens is 2. The van der Waals surface area contributed by atoms with E-state index in [2.05, 4.69) is 18.9 Å². The minimum atomic E-state index is 0.0348. The molecule has 0 unspecified atom stereocenters. The number of nitrogens with zero attached hydrogens (tertiary/aromatic N) is 1. The molecule has 2 rings (SSSR count). The van der Waals surface area contributed by atoms with Gasteiger partial charge in [-0.2, -0.15) is 0 Å². The highest BCUT2D eigenvalue weighted by Gasteiger charge is 2.06. The van der Waals surface area contributed by atoms with Crippen molar-refractivity contribution in [3.63, 3.8) is 0 Å². The molecule has 0 fully saturated rings. The molecule has 16 heavy (non-hydrogen) atoms. The summed E-state index contributed by atoms with van der Waals surface area (Å²) in [7, 11) is 0. The first-order chi connectivity index (χ1) is 7.66. The van der Waals surface area contributed by atoms with E-state index >= 15 is 0 Å². The summed E-state index contributed by atoms with van der Waals surface area (Å²) in [5, 5.41) is 3.13. The molecule has 1 aromatic carbocycles. The van der Waals surface area contributed by atoms with Gasteiger partial charge >= 0.3 is 0 Å². The zero-order chi connectivity index (χ0) is 11.5. The number of H-pyrrole nitrogens is 1. The Hall–Kier alpha value is -1.77. The maximum atomic E-state index is 11.7. The molecule has 0 bridgehead atoms. The van der Waals surface area contributed by atoms with Gasteiger partial charge in [0, 0.05) is 11.8 Å². The summed E-state index contributed by atoms with van der Waals surface area (Å²) in [5.74, 6) is 0.352. The van der Waals surface area contributed by atoms with Crippen LogP contribution in [-0.4, -0.2) is 9.78 Å². The zero-order valence-electron chi connectivity index (χ0n) is 9.60. The van der Waals surface area contributed by atoms with E-state index in [1.807, 2.05) is 30.3 Å². The van der Waals surface area contributed by atoms with Crippen LogP contribution in [0.5, 0.6) is 0 Å². The largest absolute Gasteiger partial charge is 0.299 e. The zero-order valence-corrected chi connectivity index (χ0v) is 9.60. The maximum Gasteiger partial charge on any atom is 0.267 e. The third kappa shape index (κ3) is 2.24. The minimum Gasteiger partial charge on any atom is -0.299 e. The van der Waals surface area contributed by atoms with Crippen LogP contribution in [0.2, 0.25) is 0 Å². The molecule has 2 aromatic rings. The van der Waals surface area contributed by atoms with Gasteiger partial charge in [-0.15, -0.1) is 0 Å². The van der Waals surface area contributed by atoms with E-state index in [0.29, 0.717) is 12.5 Å². The summed E-state index contributed by atoms with van der Waals surface area (Å²) in [5.41, 5.74) is 2.15. The van der Waals surface area contributed by atoms with Crippen LogP contribution in [0.15, 0.2) is 41.2 Å². The molecule has 3 heteroatoms.